The first-order valence-corrected chi connectivity index (χ1v) is 8.45. The van der Waals surface area contributed by atoms with Gasteiger partial charge >= 0.3 is 127 Å². The van der Waals surface area contributed by atoms with E-state index in [1.165, 1.54) is 12.0 Å². The number of ether oxygens (including phenoxy) is 1. The van der Waals surface area contributed by atoms with Crippen molar-refractivity contribution in [2.45, 2.75) is 17.7 Å². The Balaban J connectivity index is 1.62. The molecular weight excluding hydrogens is 339 g/mol. The van der Waals surface area contributed by atoms with Crippen molar-refractivity contribution >= 4 is 28.4 Å². The van der Waals surface area contributed by atoms with Crippen LogP contribution in [0.15, 0.2) is 36.5 Å². The summed E-state index contributed by atoms with van der Waals surface area (Å²) in [4.78, 5) is 2.36. The Kier molecular flexibility index (Phi) is 4.83. The molecule has 0 bridgehead atoms. The van der Waals surface area contributed by atoms with Crippen molar-refractivity contribution in [3.63, 3.8) is 0 Å². The number of anilines is 2. The molecule has 1 aromatic heterocycles. The molecule has 2 heterocycles. The maximum absolute atomic E-state index is 5.16. The van der Waals surface area contributed by atoms with Gasteiger partial charge in [-0.25, -0.2) is 0 Å². The fourth-order valence-corrected chi connectivity index (χ4v) is 3.18. The number of aromatic nitrogens is 2. The second-order valence-electron chi connectivity index (χ2n) is 5.39. The van der Waals surface area contributed by atoms with Gasteiger partial charge in [0.15, 0.2) is 0 Å². The monoisotopic (exact) mass is 358 g/mol. The molecule has 1 atom stereocenters. The van der Waals surface area contributed by atoms with Gasteiger partial charge in [-0.2, -0.15) is 0 Å². The van der Waals surface area contributed by atoms with E-state index in [0.29, 0.717) is 4.71 Å². The van der Waals surface area contributed by atoms with Gasteiger partial charge in [0.2, 0.25) is 0 Å². The van der Waals surface area contributed by atoms with E-state index < -0.39 is 0 Å². The van der Waals surface area contributed by atoms with Gasteiger partial charge in [-0.05, 0) is 0 Å². The van der Waals surface area contributed by atoms with E-state index in [1.807, 2.05) is 30.5 Å². The molecule has 2 radical (unpaired) electrons. The topological polar surface area (TPSA) is 50.3 Å². The number of benzene rings is 1. The van der Waals surface area contributed by atoms with E-state index in [2.05, 4.69) is 43.3 Å². The van der Waals surface area contributed by atoms with Gasteiger partial charge in [-0.1, -0.05) is 0 Å². The summed E-state index contributed by atoms with van der Waals surface area (Å²) in [6.07, 6.45) is 3.06. The van der Waals surface area contributed by atoms with Crippen LogP contribution < -0.4 is 15.0 Å². The molecule has 1 aromatic carbocycles. The van der Waals surface area contributed by atoms with Gasteiger partial charge in [0.25, 0.3) is 0 Å². The zero-order valence-corrected chi connectivity index (χ0v) is 14.4. The number of hydrogen-bond acceptors (Lipinski definition) is 5. The van der Waals surface area contributed by atoms with Gasteiger partial charge in [-0.15, -0.1) is 0 Å². The van der Waals surface area contributed by atoms with E-state index in [4.69, 9.17) is 4.74 Å². The summed E-state index contributed by atoms with van der Waals surface area (Å²) in [6, 6.07) is 10.1. The van der Waals surface area contributed by atoms with Crippen LogP contribution in [0.1, 0.15) is 12.0 Å². The number of rotatable bonds is 5. The van der Waals surface area contributed by atoms with Crippen molar-refractivity contribution in [3.05, 3.63) is 42.1 Å². The zero-order chi connectivity index (χ0) is 15.4. The fourth-order valence-electron chi connectivity index (χ4n) is 2.53. The van der Waals surface area contributed by atoms with Gasteiger partial charge in [0.05, 0.1) is 7.11 Å². The number of hydrogen-bond donors (Lipinski definition) is 1. The van der Waals surface area contributed by atoms with Crippen molar-refractivity contribution in [3.8, 4) is 5.75 Å². The molecule has 1 aliphatic heterocycles. The SMILES string of the molecule is COc1ccc(CNc2cc(N3CC[C@@H]([As])C3)cnn2)cc1. The van der Waals surface area contributed by atoms with Crippen molar-refractivity contribution in [1.82, 2.24) is 10.2 Å². The minimum atomic E-state index is 0.691. The van der Waals surface area contributed by atoms with Crippen LogP contribution in [0.4, 0.5) is 11.5 Å². The van der Waals surface area contributed by atoms with Crippen LogP contribution in [0.5, 0.6) is 5.75 Å². The molecular formula is C16H19AsN4O. The van der Waals surface area contributed by atoms with Crippen LogP contribution >= 0.6 is 0 Å². The van der Waals surface area contributed by atoms with E-state index in [-0.39, 0.29) is 0 Å². The maximum atomic E-state index is 5.16. The zero-order valence-electron chi connectivity index (χ0n) is 12.6. The molecule has 1 N–H and O–H groups in total. The van der Waals surface area contributed by atoms with Crippen LogP contribution in [0, 0.1) is 0 Å². The Hall–Kier alpha value is -1.74. The van der Waals surface area contributed by atoms with Crippen molar-refractivity contribution in [2.24, 2.45) is 0 Å². The fraction of sp³-hybridized carbons (Fsp3) is 0.375. The van der Waals surface area contributed by atoms with Crippen molar-refractivity contribution < 1.29 is 4.74 Å². The quantitative estimate of drug-likeness (QED) is 0.831. The first-order chi connectivity index (χ1) is 10.7. The molecule has 0 saturated carbocycles. The Morgan fingerprint density at radius 1 is 1.36 bits per heavy atom. The number of methoxy groups -OCH3 is 1. The third-order valence-electron chi connectivity index (χ3n) is 3.80. The van der Waals surface area contributed by atoms with Crippen molar-refractivity contribution in [1.29, 1.82) is 0 Å². The standard InChI is InChI=1S/C16H19AsN4O/c1-22-15-4-2-12(3-5-15)9-18-16-8-14(10-19-20-16)21-7-6-13(17)11-21/h2-5,8,10,13H,6-7,9,11H2,1H3,(H,18,20)/t13-/m1/s1. The van der Waals surface area contributed by atoms with Crippen LogP contribution in [-0.4, -0.2) is 47.2 Å². The molecule has 1 saturated heterocycles. The third kappa shape index (κ3) is 3.72. The predicted molar refractivity (Wildman–Crippen MR) is 88.7 cm³/mol. The summed E-state index contributed by atoms with van der Waals surface area (Å²) in [5.74, 6) is 1.68. The summed E-state index contributed by atoms with van der Waals surface area (Å²) in [5.41, 5.74) is 2.32. The molecule has 2 aromatic rings. The Labute approximate surface area is 139 Å². The van der Waals surface area contributed by atoms with Gasteiger partial charge < -0.3 is 4.74 Å². The van der Waals surface area contributed by atoms with E-state index >= 15 is 0 Å². The second-order valence-corrected chi connectivity index (χ2v) is 6.92. The summed E-state index contributed by atoms with van der Waals surface area (Å²) in [7, 11) is 1.67. The Morgan fingerprint density at radius 3 is 2.86 bits per heavy atom. The van der Waals surface area contributed by atoms with Crippen molar-refractivity contribution in [2.75, 3.05) is 30.4 Å². The summed E-state index contributed by atoms with van der Waals surface area (Å²) < 4.78 is 5.85. The van der Waals surface area contributed by atoms with Crippen LogP contribution in [-0.2, 0) is 6.54 Å². The Bertz CT molecular complexity index is 620. The Morgan fingerprint density at radius 2 is 2.18 bits per heavy atom. The normalized spacial score (nSPS) is 17.5. The molecule has 0 aliphatic carbocycles. The molecule has 114 valence electrons. The molecule has 1 aliphatic rings. The number of nitrogens with one attached hydrogen (secondary N) is 1. The number of nitrogens with zero attached hydrogens (tertiary/aromatic N) is 3. The molecule has 0 unspecified atom stereocenters. The van der Waals surface area contributed by atoms with E-state index in [9.17, 15) is 0 Å². The van der Waals surface area contributed by atoms with E-state index in [1.54, 1.807) is 7.11 Å². The van der Waals surface area contributed by atoms with Gasteiger partial charge in [0.1, 0.15) is 0 Å². The second kappa shape index (κ2) is 7.01. The predicted octanol–water partition coefficient (Wildman–Crippen LogP) is 2.26. The molecule has 22 heavy (non-hydrogen) atoms. The molecule has 1 fully saturated rings. The van der Waals surface area contributed by atoms with Crippen LogP contribution in [0.2, 0.25) is 4.71 Å². The van der Waals surface area contributed by atoms with E-state index in [0.717, 1.165) is 36.9 Å². The summed E-state index contributed by atoms with van der Waals surface area (Å²) in [5, 5.41) is 11.6. The first-order valence-electron chi connectivity index (χ1n) is 7.37. The summed E-state index contributed by atoms with van der Waals surface area (Å²) in [6.45, 7) is 2.88. The molecule has 3 rings (SSSR count). The average Bonchev–Trinajstić information content (AvgIpc) is 3.00. The van der Waals surface area contributed by atoms with Gasteiger partial charge in [0, 0.05) is 0 Å². The molecule has 5 nitrogen and oxygen atoms in total. The molecule has 0 amide bonds. The third-order valence-corrected chi connectivity index (χ3v) is 4.69. The minimum absolute atomic E-state index is 0.691. The summed E-state index contributed by atoms with van der Waals surface area (Å²) >= 11 is 2.75. The molecule has 6 heteroatoms. The van der Waals surface area contributed by atoms with Gasteiger partial charge in [-0.3, -0.25) is 0 Å². The molecule has 0 spiro atoms. The first kappa shape index (κ1) is 15.2. The van der Waals surface area contributed by atoms with Crippen LogP contribution in [0.3, 0.4) is 0 Å². The van der Waals surface area contributed by atoms with Crippen LogP contribution in [0.25, 0.3) is 0 Å². The average molecular weight is 358 g/mol.